The molecule has 4 nitrogen and oxygen atoms in total. The zero-order valence-electron chi connectivity index (χ0n) is 11.5. The second-order valence-electron chi connectivity index (χ2n) is 4.42. The first-order chi connectivity index (χ1) is 9.05. The quantitative estimate of drug-likeness (QED) is 0.636. The number of methoxy groups -OCH3 is 2. The zero-order chi connectivity index (χ0) is 14.0. The summed E-state index contributed by atoms with van der Waals surface area (Å²) in [6, 6.07) is 5.11. The van der Waals surface area contributed by atoms with Crippen LogP contribution < -0.4 is 15.1 Å². The van der Waals surface area contributed by atoms with Crippen molar-refractivity contribution in [2.45, 2.75) is 5.75 Å². The Morgan fingerprint density at radius 1 is 1.11 bits per heavy atom. The summed E-state index contributed by atoms with van der Waals surface area (Å²) in [4.78, 5) is 11.6. The fourth-order valence-corrected chi connectivity index (χ4v) is 2.84. The van der Waals surface area contributed by atoms with E-state index in [2.05, 4.69) is 12.5 Å². The second-order valence-corrected chi connectivity index (χ2v) is 6.68. The molecule has 0 unspecified atom stereocenters. The molecule has 0 atom stereocenters. The zero-order valence-corrected chi connectivity index (χ0v) is 12.3. The topological polar surface area (TPSA) is 48.7 Å². The molecule has 0 radical (unpaired) electrons. The van der Waals surface area contributed by atoms with Gasteiger partial charge in [-0.15, -0.1) is 0 Å². The SMILES string of the molecule is COc1cc2oc(=O)cc(C[S+](C)C)c2cc1OC. The molecule has 0 aliphatic carbocycles. The van der Waals surface area contributed by atoms with Gasteiger partial charge in [-0.2, -0.15) is 0 Å². The van der Waals surface area contributed by atoms with Crippen LogP contribution in [0.4, 0.5) is 0 Å². The highest BCUT2D eigenvalue weighted by atomic mass is 32.2. The van der Waals surface area contributed by atoms with E-state index in [1.54, 1.807) is 26.4 Å². The van der Waals surface area contributed by atoms with Crippen LogP contribution in [0.5, 0.6) is 11.5 Å². The molecule has 0 spiro atoms. The van der Waals surface area contributed by atoms with E-state index >= 15 is 0 Å². The first-order valence-corrected chi connectivity index (χ1v) is 7.99. The highest BCUT2D eigenvalue weighted by molar-refractivity contribution is 7.94. The number of hydrogen-bond acceptors (Lipinski definition) is 4. The number of rotatable bonds is 4. The van der Waals surface area contributed by atoms with E-state index in [4.69, 9.17) is 13.9 Å². The molecule has 0 saturated carbocycles. The first kappa shape index (κ1) is 13.8. The molecule has 0 fully saturated rings. The van der Waals surface area contributed by atoms with Crippen molar-refractivity contribution in [1.29, 1.82) is 0 Å². The molecule has 2 rings (SSSR count). The maximum Gasteiger partial charge on any atom is 0.336 e. The van der Waals surface area contributed by atoms with Crippen LogP contribution in [-0.4, -0.2) is 26.7 Å². The summed E-state index contributed by atoms with van der Waals surface area (Å²) < 4.78 is 15.7. The van der Waals surface area contributed by atoms with Crippen molar-refractivity contribution in [1.82, 2.24) is 0 Å². The van der Waals surface area contributed by atoms with Gasteiger partial charge in [-0.1, -0.05) is 0 Å². The van der Waals surface area contributed by atoms with Crippen LogP contribution in [0.3, 0.4) is 0 Å². The van der Waals surface area contributed by atoms with Crippen molar-refractivity contribution < 1.29 is 13.9 Å². The molecule has 0 saturated heterocycles. The number of fused-ring (bicyclic) bond motifs is 1. The molecule has 1 heterocycles. The van der Waals surface area contributed by atoms with Gasteiger partial charge in [0.2, 0.25) is 0 Å². The first-order valence-electron chi connectivity index (χ1n) is 5.78. The predicted molar refractivity (Wildman–Crippen MR) is 78.5 cm³/mol. The number of hydrogen-bond donors (Lipinski definition) is 0. The largest absolute Gasteiger partial charge is 0.493 e. The van der Waals surface area contributed by atoms with Crippen LogP contribution in [0.15, 0.2) is 27.4 Å². The van der Waals surface area contributed by atoms with Crippen molar-refractivity contribution >= 4 is 21.9 Å². The average molecular weight is 281 g/mol. The molecule has 1 aromatic heterocycles. The predicted octanol–water partition coefficient (Wildman–Crippen LogP) is 2.19. The highest BCUT2D eigenvalue weighted by Crippen LogP contribution is 2.33. The van der Waals surface area contributed by atoms with Crippen LogP contribution in [0, 0.1) is 0 Å². The molecule has 0 amide bonds. The third kappa shape index (κ3) is 2.87. The van der Waals surface area contributed by atoms with Crippen molar-refractivity contribution in [2.75, 3.05) is 26.7 Å². The number of benzene rings is 1. The summed E-state index contributed by atoms with van der Waals surface area (Å²) in [7, 11) is 3.35. The lowest BCUT2D eigenvalue weighted by molar-refractivity contribution is 0.355. The Labute approximate surface area is 114 Å². The van der Waals surface area contributed by atoms with Crippen molar-refractivity contribution in [2.24, 2.45) is 0 Å². The summed E-state index contributed by atoms with van der Waals surface area (Å²) in [5, 5.41) is 0.901. The lowest BCUT2D eigenvalue weighted by atomic mass is 10.1. The summed E-state index contributed by atoms with van der Waals surface area (Å²) in [5.41, 5.74) is 1.19. The number of ether oxygens (including phenoxy) is 2. The monoisotopic (exact) mass is 281 g/mol. The van der Waals surface area contributed by atoms with Gasteiger partial charge in [0.15, 0.2) is 11.5 Å². The third-order valence-electron chi connectivity index (χ3n) is 2.78. The third-order valence-corrected chi connectivity index (χ3v) is 3.67. The van der Waals surface area contributed by atoms with E-state index in [9.17, 15) is 4.79 Å². The molecule has 0 bridgehead atoms. The van der Waals surface area contributed by atoms with E-state index in [0.29, 0.717) is 17.1 Å². The van der Waals surface area contributed by atoms with Crippen LogP contribution in [0.1, 0.15) is 5.56 Å². The van der Waals surface area contributed by atoms with Crippen LogP contribution in [0.2, 0.25) is 0 Å². The summed E-state index contributed by atoms with van der Waals surface area (Å²) in [6.45, 7) is 0. The standard InChI is InChI=1S/C14H17O4S/c1-16-12-6-10-9(8-19(3)4)5-14(15)18-11(10)7-13(12)17-2/h5-7H,8H2,1-4H3/q+1. The fourth-order valence-electron chi connectivity index (χ4n) is 1.98. The fraction of sp³-hybridized carbons (Fsp3) is 0.357. The molecular formula is C14H17O4S+. The Hall–Kier alpha value is -1.62. The molecule has 5 heteroatoms. The van der Waals surface area contributed by atoms with Crippen LogP contribution in [0.25, 0.3) is 11.0 Å². The van der Waals surface area contributed by atoms with Gasteiger partial charge in [-0.3, -0.25) is 0 Å². The summed E-state index contributed by atoms with van der Waals surface area (Å²) in [5.74, 6) is 2.04. The van der Waals surface area contributed by atoms with Gasteiger partial charge in [0, 0.05) is 23.1 Å². The van der Waals surface area contributed by atoms with Gasteiger partial charge < -0.3 is 13.9 Å². The molecule has 0 aliphatic rings. The van der Waals surface area contributed by atoms with E-state index in [-0.39, 0.29) is 16.5 Å². The second kappa shape index (κ2) is 5.57. The minimum atomic E-state index is -0.333. The maximum atomic E-state index is 11.6. The Balaban J connectivity index is 2.71. The molecule has 102 valence electrons. The van der Waals surface area contributed by atoms with Gasteiger partial charge in [0.1, 0.15) is 11.3 Å². The minimum Gasteiger partial charge on any atom is -0.493 e. The van der Waals surface area contributed by atoms with Crippen molar-refractivity contribution in [3.05, 3.63) is 34.2 Å². The van der Waals surface area contributed by atoms with E-state index in [1.807, 2.05) is 6.07 Å². The molecule has 0 aliphatic heterocycles. The Kier molecular flexibility index (Phi) is 4.04. The lowest BCUT2D eigenvalue weighted by Gasteiger charge is -2.10. The van der Waals surface area contributed by atoms with Crippen molar-refractivity contribution in [3.8, 4) is 11.5 Å². The van der Waals surface area contributed by atoms with Gasteiger partial charge in [-0.05, 0) is 17.0 Å². The van der Waals surface area contributed by atoms with Crippen molar-refractivity contribution in [3.63, 3.8) is 0 Å². The smallest absolute Gasteiger partial charge is 0.336 e. The lowest BCUT2D eigenvalue weighted by Crippen LogP contribution is -2.06. The van der Waals surface area contributed by atoms with Gasteiger partial charge in [0.25, 0.3) is 0 Å². The van der Waals surface area contributed by atoms with Crippen LogP contribution >= 0.6 is 0 Å². The molecule has 19 heavy (non-hydrogen) atoms. The Bertz CT molecular complexity index is 646. The summed E-state index contributed by atoms with van der Waals surface area (Å²) >= 11 is 0. The van der Waals surface area contributed by atoms with E-state index in [0.717, 1.165) is 16.7 Å². The van der Waals surface area contributed by atoms with E-state index in [1.165, 1.54) is 0 Å². The van der Waals surface area contributed by atoms with Gasteiger partial charge in [0.05, 0.1) is 26.7 Å². The molecular weight excluding hydrogens is 264 g/mol. The minimum absolute atomic E-state index is 0.201. The van der Waals surface area contributed by atoms with Gasteiger partial charge in [-0.25, -0.2) is 4.79 Å². The van der Waals surface area contributed by atoms with Gasteiger partial charge >= 0.3 is 5.63 Å². The summed E-state index contributed by atoms with van der Waals surface area (Å²) in [6.07, 6.45) is 4.28. The molecule has 2 aromatic rings. The normalized spacial score (nSPS) is 11.0. The Morgan fingerprint density at radius 2 is 1.74 bits per heavy atom. The molecule has 1 aromatic carbocycles. The molecule has 0 N–H and O–H groups in total. The highest BCUT2D eigenvalue weighted by Gasteiger charge is 2.15. The van der Waals surface area contributed by atoms with Crippen LogP contribution in [-0.2, 0) is 16.6 Å². The van der Waals surface area contributed by atoms with E-state index < -0.39 is 0 Å². The average Bonchev–Trinajstić information content (AvgIpc) is 2.36. The Morgan fingerprint density at radius 3 is 2.32 bits per heavy atom. The maximum absolute atomic E-state index is 11.6.